The first-order valence-corrected chi connectivity index (χ1v) is 4.86. The van der Waals surface area contributed by atoms with Crippen LogP contribution in [0.5, 0.6) is 0 Å². The Kier molecular flexibility index (Phi) is 1.91. The highest BCUT2D eigenvalue weighted by Crippen LogP contribution is 2.37. The molecular formula is C11H15NO2. The Hall–Kier alpha value is -1.25. The Bertz CT molecular complexity index is 365. The fourth-order valence-electron chi connectivity index (χ4n) is 2.10. The summed E-state index contributed by atoms with van der Waals surface area (Å²) in [4.78, 5) is 11.3. The van der Waals surface area contributed by atoms with Crippen molar-refractivity contribution in [3.05, 3.63) is 23.7 Å². The molecule has 0 aromatic carbocycles. The van der Waals surface area contributed by atoms with Crippen molar-refractivity contribution in [3.8, 4) is 0 Å². The summed E-state index contributed by atoms with van der Waals surface area (Å²) in [5.74, 6) is 1.20. The summed E-state index contributed by atoms with van der Waals surface area (Å²) in [6, 6.07) is 1.94. The Labute approximate surface area is 83.5 Å². The summed E-state index contributed by atoms with van der Waals surface area (Å²) in [6.45, 7) is 6.08. The minimum Gasteiger partial charge on any atom is -0.469 e. The van der Waals surface area contributed by atoms with Gasteiger partial charge in [-0.2, -0.15) is 0 Å². The quantitative estimate of drug-likeness (QED) is 0.741. The Morgan fingerprint density at radius 1 is 1.57 bits per heavy atom. The molecule has 1 fully saturated rings. The van der Waals surface area contributed by atoms with Crippen molar-refractivity contribution in [3.63, 3.8) is 0 Å². The van der Waals surface area contributed by atoms with Gasteiger partial charge in [-0.15, -0.1) is 0 Å². The van der Waals surface area contributed by atoms with Crippen molar-refractivity contribution in [2.24, 2.45) is 0 Å². The van der Waals surface area contributed by atoms with E-state index in [-0.39, 0.29) is 17.4 Å². The second-order valence-corrected chi connectivity index (χ2v) is 4.49. The number of carbonyl (C=O) groups is 1. The number of furan rings is 1. The number of amides is 1. The molecule has 1 saturated heterocycles. The van der Waals surface area contributed by atoms with Crippen LogP contribution in [0.3, 0.4) is 0 Å². The zero-order valence-electron chi connectivity index (χ0n) is 8.76. The first-order valence-electron chi connectivity index (χ1n) is 4.86. The van der Waals surface area contributed by atoms with Crippen LogP contribution < -0.4 is 5.32 Å². The van der Waals surface area contributed by atoms with Gasteiger partial charge in [-0.3, -0.25) is 4.79 Å². The van der Waals surface area contributed by atoms with Gasteiger partial charge < -0.3 is 9.73 Å². The van der Waals surface area contributed by atoms with Gasteiger partial charge in [0, 0.05) is 17.9 Å². The van der Waals surface area contributed by atoms with Crippen molar-refractivity contribution < 1.29 is 9.21 Å². The average molecular weight is 193 g/mol. The van der Waals surface area contributed by atoms with Gasteiger partial charge in [0.2, 0.25) is 5.91 Å². The summed E-state index contributed by atoms with van der Waals surface area (Å²) < 4.78 is 5.44. The fourth-order valence-corrected chi connectivity index (χ4v) is 2.10. The third kappa shape index (κ3) is 1.33. The molecule has 1 unspecified atom stereocenters. The van der Waals surface area contributed by atoms with Crippen LogP contribution in [0.4, 0.5) is 0 Å². The van der Waals surface area contributed by atoms with Gasteiger partial charge >= 0.3 is 0 Å². The van der Waals surface area contributed by atoms with Crippen LogP contribution in [0.15, 0.2) is 16.7 Å². The van der Waals surface area contributed by atoms with Gasteiger partial charge in [0.05, 0.1) is 6.26 Å². The summed E-state index contributed by atoms with van der Waals surface area (Å²) in [6.07, 6.45) is 2.21. The van der Waals surface area contributed by atoms with Crippen LogP contribution in [-0.4, -0.2) is 11.4 Å². The van der Waals surface area contributed by atoms with Crippen LogP contribution >= 0.6 is 0 Å². The van der Waals surface area contributed by atoms with E-state index in [0.29, 0.717) is 6.42 Å². The van der Waals surface area contributed by atoms with E-state index < -0.39 is 0 Å². The van der Waals surface area contributed by atoms with E-state index >= 15 is 0 Å². The second kappa shape index (κ2) is 2.87. The molecule has 0 saturated carbocycles. The Morgan fingerprint density at radius 2 is 2.29 bits per heavy atom. The summed E-state index contributed by atoms with van der Waals surface area (Å²) in [5.41, 5.74) is 0.930. The van der Waals surface area contributed by atoms with Crippen molar-refractivity contribution in [2.45, 2.75) is 38.6 Å². The number of rotatable bonds is 1. The standard InChI is InChI=1S/C11H15NO2/c1-7-4-5-14-10(7)8-6-9(13)12-11(8,2)3/h4-5,8H,6H2,1-3H3,(H,12,13). The molecule has 0 aliphatic carbocycles. The van der Waals surface area contributed by atoms with Gasteiger partial charge in [-0.1, -0.05) is 0 Å². The smallest absolute Gasteiger partial charge is 0.221 e. The fraction of sp³-hybridized carbons (Fsp3) is 0.545. The lowest BCUT2D eigenvalue weighted by Crippen LogP contribution is -2.38. The van der Waals surface area contributed by atoms with Crippen LogP contribution in [0.2, 0.25) is 0 Å². The molecule has 14 heavy (non-hydrogen) atoms. The minimum atomic E-state index is -0.195. The van der Waals surface area contributed by atoms with Gasteiger partial charge in [-0.25, -0.2) is 0 Å². The topological polar surface area (TPSA) is 42.2 Å². The van der Waals surface area contributed by atoms with E-state index in [0.717, 1.165) is 11.3 Å². The minimum absolute atomic E-state index is 0.107. The molecule has 0 radical (unpaired) electrons. The van der Waals surface area contributed by atoms with Gasteiger partial charge in [-0.05, 0) is 32.4 Å². The third-order valence-corrected chi connectivity index (χ3v) is 2.94. The van der Waals surface area contributed by atoms with Crippen LogP contribution in [0.25, 0.3) is 0 Å². The normalized spacial score (nSPS) is 25.1. The first-order chi connectivity index (χ1) is 6.50. The zero-order valence-corrected chi connectivity index (χ0v) is 8.76. The van der Waals surface area contributed by atoms with Crippen molar-refractivity contribution in [1.82, 2.24) is 5.32 Å². The van der Waals surface area contributed by atoms with Crippen molar-refractivity contribution in [1.29, 1.82) is 0 Å². The Balaban J connectivity index is 2.36. The van der Waals surface area contributed by atoms with Crippen molar-refractivity contribution >= 4 is 5.91 Å². The molecule has 2 heterocycles. The molecular weight excluding hydrogens is 178 g/mol. The molecule has 1 amide bonds. The Morgan fingerprint density at radius 3 is 2.71 bits per heavy atom. The first kappa shape index (κ1) is 9.31. The lowest BCUT2D eigenvalue weighted by Gasteiger charge is -2.25. The third-order valence-electron chi connectivity index (χ3n) is 2.94. The molecule has 1 N–H and O–H groups in total. The molecule has 1 aliphatic heterocycles. The second-order valence-electron chi connectivity index (χ2n) is 4.49. The van der Waals surface area contributed by atoms with E-state index in [1.807, 2.05) is 26.8 Å². The van der Waals surface area contributed by atoms with E-state index in [4.69, 9.17) is 4.42 Å². The number of hydrogen-bond donors (Lipinski definition) is 1. The highest BCUT2D eigenvalue weighted by atomic mass is 16.3. The molecule has 0 spiro atoms. The van der Waals surface area contributed by atoms with Gasteiger partial charge in [0.1, 0.15) is 5.76 Å². The lowest BCUT2D eigenvalue weighted by atomic mass is 9.86. The highest BCUT2D eigenvalue weighted by molar-refractivity contribution is 5.81. The SMILES string of the molecule is Cc1ccoc1C1CC(=O)NC1(C)C. The predicted molar refractivity (Wildman–Crippen MR) is 53.0 cm³/mol. The average Bonchev–Trinajstić information content (AvgIpc) is 2.55. The summed E-state index contributed by atoms with van der Waals surface area (Å²) in [7, 11) is 0. The van der Waals surface area contributed by atoms with E-state index in [1.54, 1.807) is 6.26 Å². The molecule has 1 atom stereocenters. The van der Waals surface area contributed by atoms with Crippen LogP contribution in [-0.2, 0) is 4.79 Å². The van der Waals surface area contributed by atoms with E-state index in [2.05, 4.69) is 5.32 Å². The lowest BCUT2D eigenvalue weighted by molar-refractivity contribution is -0.119. The molecule has 76 valence electrons. The maximum absolute atomic E-state index is 11.3. The largest absolute Gasteiger partial charge is 0.469 e. The molecule has 3 heteroatoms. The molecule has 3 nitrogen and oxygen atoms in total. The maximum atomic E-state index is 11.3. The molecule has 1 aromatic rings. The molecule has 2 rings (SSSR count). The maximum Gasteiger partial charge on any atom is 0.221 e. The number of aryl methyl sites for hydroxylation is 1. The van der Waals surface area contributed by atoms with Crippen molar-refractivity contribution in [2.75, 3.05) is 0 Å². The van der Waals surface area contributed by atoms with Gasteiger partial charge in [0.25, 0.3) is 0 Å². The molecule has 1 aliphatic rings. The predicted octanol–water partition coefficient (Wildman–Crippen LogP) is 1.97. The van der Waals surface area contributed by atoms with Gasteiger partial charge in [0.15, 0.2) is 0 Å². The number of hydrogen-bond acceptors (Lipinski definition) is 2. The molecule has 1 aromatic heterocycles. The highest BCUT2D eigenvalue weighted by Gasteiger charge is 2.42. The number of nitrogens with one attached hydrogen (secondary N) is 1. The van der Waals surface area contributed by atoms with Crippen LogP contribution in [0, 0.1) is 6.92 Å². The zero-order chi connectivity index (χ0) is 10.3. The summed E-state index contributed by atoms with van der Waals surface area (Å²) in [5, 5.41) is 2.96. The van der Waals surface area contributed by atoms with Crippen LogP contribution in [0.1, 0.15) is 37.5 Å². The number of carbonyl (C=O) groups excluding carboxylic acids is 1. The molecule has 0 bridgehead atoms. The monoisotopic (exact) mass is 193 g/mol. The van der Waals surface area contributed by atoms with E-state index in [9.17, 15) is 4.79 Å². The van der Waals surface area contributed by atoms with E-state index in [1.165, 1.54) is 0 Å². The summed E-state index contributed by atoms with van der Waals surface area (Å²) >= 11 is 0.